The van der Waals surface area contributed by atoms with E-state index in [1.54, 1.807) is 0 Å². The second kappa shape index (κ2) is 4.57. The number of para-hydroxylation sites is 2. The minimum absolute atomic E-state index is 0.883. The molecule has 0 atom stereocenters. The molecule has 2 nitrogen and oxygen atoms in total. The number of hydrogen-bond acceptors (Lipinski definition) is 1. The molecule has 0 radical (unpaired) electrons. The van der Waals surface area contributed by atoms with Crippen molar-refractivity contribution < 1.29 is 0 Å². The maximum absolute atomic E-state index is 5.96. The van der Waals surface area contributed by atoms with E-state index in [0.717, 1.165) is 18.7 Å². The number of hydrogen-bond donors (Lipinski definition) is 1. The summed E-state index contributed by atoms with van der Waals surface area (Å²) in [6, 6.07) is 18.7. The summed E-state index contributed by atoms with van der Waals surface area (Å²) in [5, 5.41) is 1.29. The second-order valence-corrected chi connectivity index (χ2v) is 4.52. The Balaban J connectivity index is 1.83. The third kappa shape index (κ3) is 1.97. The van der Waals surface area contributed by atoms with E-state index in [1.165, 1.54) is 16.5 Å². The van der Waals surface area contributed by atoms with Crippen molar-refractivity contribution in [1.29, 1.82) is 0 Å². The smallest absolute Gasteiger partial charge is 0.0480 e. The van der Waals surface area contributed by atoms with Gasteiger partial charge in [0, 0.05) is 23.9 Å². The largest absolute Gasteiger partial charge is 0.399 e. The van der Waals surface area contributed by atoms with Crippen LogP contribution >= 0.6 is 0 Å². The van der Waals surface area contributed by atoms with E-state index >= 15 is 0 Å². The minimum Gasteiger partial charge on any atom is -0.399 e. The van der Waals surface area contributed by atoms with Gasteiger partial charge in [-0.05, 0) is 35.6 Å². The maximum atomic E-state index is 5.96. The van der Waals surface area contributed by atoms with Crippen LogP contribution < -0.4 is 5.73 Å². The van der Waals surface area contributed by atoms with E-state index in [2.05, 4.69) is 47.2 Å². The number of aryl methyl sites for hydroxylation is 2. The average molecular weight is 236 g/mol. The molecule has 0 fully saturated rings. The van der Waals surface area contributed by atoms with Crippen LogP contribution in [-0.4, -0.2) is 4.57 Å². The first-order valence-corrected chi connectivity index (χ1v) is 6.22. The van der Waals surface area contributed by atoms with Gasteiger partial charge in [-0.3, -0.25) is 0 Å². The zero-order chi connectivity index (χ0) is 12.4. The molecule has 0 aliphatic carbocycles. The third-order valence-electron chi connectivity index (χ3n) is 3.36. The van der Waals surface area contributed by atoms with Crippen LogP contribution in [0.5, 0.6) is 0 Å². The lowest BCUT2D eigenvalue weighted by Crippen LogP contribution is -2.02. The van der Waals surface area contributed by atoms with E-state index in [9.17, 15) is 0 Å². The summed E-state index contributed by atoms with van der Waals surface area (Å²) in [6.07, 6.45) is 3.11. The molecule has 1 heterocycles. The monoisotopic (exact) mass is 236 g/mol. The summed E-state index contributed by atoms with van der Waals surface area (Å²) >= 11 is 0. The summed E-state index contributed by atoms with van der Waals surface area (Å²) in [5.41, 5.74) is 9.35. The second-order valence-electron chi connectivity index (χ2n) is 4.52. The third-order valence-corrected chi connectivity index (χ3v) is 3.36. The average Bonchev–Trinajstić information content (AvgIpc) is 2.81. The molecule has 3 aromatic rings. The van der Waals surface area contributed by atoms with Crippen molar-refractivity contribution in [3.63, 3.8) is 0 Å². The quantitative estimate of drug-likeness (QED) is 0.694. The number of anilines is 1. The molecule has 2 aromatic carbocycles. The number of nitrogen functional groups attached to an aromatic ring is 1. The first kappa shape index (κ1) is 10.9. The van der Waals surface area contributed by atoms with E-state index in [4.69, 9.17) is 5.73 Å². The molecule has 2 heteroatoms. The molecule has 2 N–H and O–H groups in total. The number of nitrogens with zero attached hydrogens (tertiary/aromatic N) is 1. The van der Waals surface area contributed by atoms with E-state index in [-0.39, 0.29) is 0 Å². The lowest BCUT2D eigenvalue weighted by molar-refractivity contribution is 0.724. The van der Waals surface area contributed by atoms with Gasteiger partial charge in [-0.2, -0.15) is 0 Å². The standard InChI is InChI=1S/C16H16N2/c17-15-7-3-1-5-13(15)9-11-18-12-10-14-6-2-4-8-16(14)18/h1-8,10,12H,9,11,17H2. The first-order valence-electron chi connectivity index (χ1n) is 6.22. The number of fused-ring (bicyclic) bond motifs is 1. The van der Waals surface area contributed by atoms with E-state index in [0.29, 0.717) is 0 Å². The van der Waals surface area contributed by atoms with E-state index in [1.807, 2.05) is 18.2 Å². The van der Waals surface area contributed by atoms with Crippen LogP contribution in [-0.2, 0) is 13.0 Å². The molecule has 0 aliphatic heterocycles. The normalized spacial score (nSPS) is 10.9. The van der Waals surface area contributed by atoms with Gasteiger partial charge in [0.15, 0.2) is 0 Å². The van der Waals surface area contributed by atoms with Gasteiger partial charge in [-0.1, -0.05) is 36.4 Å². The maximum Gasteiger partial charge on any atom is 0.0480 e. The summed E-state index contributed by atoms with van der Waals surface area (Å²) in [7, 11) is 0. The van der Waals surface area contributed by atoms with Crippen LogP contribution in [0, 0.1) is 0 Å². The Morgan fingerprint density at radius 1 is 0.889 bits per heavy atom. The van der Waals surface area contributed by atoms with Gasteiger partial charge >= 0.3 is 0 Å². The predicted molar refractivity (Wildman–Crippen MR) is 76.5 cm³/mol. The molecule has 0 spiro atoms. The fourth-order valence-corrected chi connectivity index (χ4v) is 2.34. The molecule has 1 aromatic heterocycles. The van der Waals surface area contributed by atoms with Crippen molar-refractivity contribution in [3.05, 3.63) is 66.4 Å². The van der Waals surface area contributed by atoms with Crippen LogP contribution in [0.4, 0.5) is 5.69 Å². The zero-order valence-electron chi connectivity index (χ0n) is 10.2. The van der Waals surface area contributed by atoms with Gasteiger partial charge in [-0.25, -0.2) is 0 Å². The van der Waals surface area contributed by atoms with Gasteiger partial charge in [0.2, 0.25) is 0 Å². The fraction of sp³-hybridized carbons (Fsp3) is 0.125. The Hall–Kier alpha value is -2.22. The van der Waals surface area contributed by atoms with Gasteiger partial charge in [0.05, 0.1) is 0 Å². The van der Waals surface area contributed by atoms with Crippen molar-refractivity contribution in [2.45, 2.75) is 13.0 Å². The lowest BCUT2D eigenvalue weighted by Gasteiger charge is -2.07. The predicted octanol–water partition coefficient (Wildman–Crippen LogP) is 3.47. The Labute approximate surface area is 107 Å². The Morgan fingerprint density at radius 2 is 1.67 bits per heavy atom. The molecule has 0 aliphatic rings. The lowest BCUT2D eigenvalue weighted by atomic mass is 10.1. The molecule has 0 unspecified atom stereocenters. The molecule has 0 amide bonds. The summed E-state index contributed by atoms with van der Waals surface area (Å²) in [6.45, 7) is 0.960. The topological polar surface area (TPSA) is 30.9 Å². The molecule has 0 bridgehead atoms. The van der Waals surface area contributed by atoms with E-state index < -0.39 is 0 Å². The molecule has 90 valence electrons. The van der Waals surface area contributed by atoms with Crippen molar-refractivity contribution in [3.8, 4) is 0 Å². The van der Waals surface area contributed by atoms with Crippen LogP contribution in [0.2, 0.25) is 0 Å². The summed E-state index contributed by atoms with van der Waals surface area (Å²) in [4.78, 5) is 0. The van der Waals surface area contributed by atoms with Crippen molar-refractivity contribution >= 4 is 16.6 Å². The van der Waals surface area contributed by atoms with Crippen LogP contribution in [0.1, 0.15) is 5.56 Å². The Morgan fingerprint density at radius 3 is 2.56 bits per heavy atom. The highest BCUT2D eigenvalue weighted by Crippen LogP contribution is 2.17. The summed E-state index contributed by atoms with van der Waals surface area (Å²) in [5.74, 6) is 0. The van der Waals surface area contributed by atoms with Crippen molar-refractivity contribution in [1.82, 2.24) is 4.57 Å². The highest BCUT2D eigenvalue weighted by molar-refractivity contribution is 5.79. The van der Waals surface area contributed by atoms with Gasteiger partial charge in [-0.15, -0.1) is 0 Å². The number of rotatable bonds is 3. The van der Waals surface area contributed by atoms with Crippen LogP contribution in [0.15, 0.2) is 60.8 Å². The Bertz CT molecular complexity index is 667. The number of benzene rings is 2. The fourth-order valence-electron chi connectivity index (χ4n) is 2.34. The van der Waals surface area contributed by atoms with Gasteiger partial charge < -0.3 is 10.3 Å². The molecule has 0 saturated carbocycles. The highest BCUT2D eigenvalue weighted by Gasteiger charge is 2.02. The number of aromatic nitrogens is 1. The summed E-state index contributed by atoms with van der Waals surface area (Å²) < 4.78 is 2.28. The molecular formula is C16H16N2. The van der Waals surface area contributed by atoms with Crippen molar-refractivity contribution in [2.24, 2.45) is 0 Å². The first-order chi connectivity index (χ1) is 8.84. The van der Waals surface area contributed by atoms with Gasteiger partial charge in [0.1, 0.15) is 0 Å². The highest BCUT2D eigenvalue weighted by atomic mass is 14.9. The zero-order valence-corrected chi connectivity index (χ0v) is 10.2. The van der Waals surface area contributed by atoms with Gasteiger partial charge in [0.25, 0.3) is 0 Å². The molecule has 0 saturated heterocycles. The molecule has 18 heavy (non-hydrogen) atoms. The van der Waals surface area contributed by atoms with Crippen LogP contribution in [0.25, 0.3) is 10.9 Å². The van der Waals surface area contributed by atoms with Crippen molar-refractivity contribution in [2.75, 3.05) is 5.73 Å². The SMILES string of the molecule is Nc1ccccc1CCn1ccc2ccccc21. The number of nitrogens with two attached hydrogens (primary N) is 1. The molecule has 3 rings (SSSR count). The minimum atomic E-state index is 0.883. The molecular weight excluding hydrogens is 220 g/mol. The Kier molecular flexibility index (Phi) is 2.77. The van der Waals surface area contributed by atoms with Crippen LogP contribution in [0.3, 0.4) is 0 Å².